The molecule has 0 unspecified atom stereocenters. The lowest BCUT2D eigenvalue weighted by Crippen LogP contribution is -1.99. The Morgan fingerprint density at radius 1 is 1.19 bits per heavy atom. The lowest BCUT2D eigenvalue weighted by atomic mass is 10.1. The maximum Gasteiger partial charge on any atom is 0.247 e. The summed E-state index contributed by atoms with van der Waals surface area (Å²) in [5, 5.41) is 19.8. The van der Waals surface area contributed by atoms with Gasteiger partial charge in [-0.3, -0.25) is 0 Å². The van der Waals surface area contributed by atoms with Crippen molar-refractivity contribution < 1.29 is 13.9 Å². The molecule has 1 heterocycles. The van der Waals surface area contributed by atoms with Crippen LogP contribution in [0.3, 0.4) is 0 Å². The van der Waals surface area contributed by atoms with E-state index in [0.29, 0.717) is 12.4 Å². The molecule has 0 spiro atoms. The summed E-state index contributed by atoms with van der Waals surface area (Å²) in [5.41, 5.74) is 2.38. The van der Waals surface area contributed by atoms with E-state index in [1.54, 1.807) is 6.07 Å². The van der Waals surface area contributed by atoms with Crippen LogP contribution in [0, 0.1) is 5.82 Å². The third-order valence-electron chi connectivity index (χ3n) is 2.98. The second-order valence-electron chi connectivity index (χ2n) is 4.46. The van der Waals surface area contributed by atoms with Gasteiger partial charge in [-0.1, -0.05) is 12.1 Å². The van der Waals surface area contributed by atoms with Crippen LogP contribution in [-0.4, -0.2) is 15.3 Å². The third-order valence-corrected chi connectivity index (χ3v) is 2.98. The number of nitrogens with zero attached hydrogens (tertiary/aromatic N) is 2. The predicted molar refractivity (Wildman–Crippen MR) is 75.1 cm³/mol. The summed E-state index contributed by atoms with van der Waals surface area (Å²) in [7, 11) is 0. The molecular formula is C15H12FN3O2. The lowest BCUT2D eigenvalue weighted by Gasteiger charge is -2.08. The molecule has 2 aromatic carbocycles. The Balaban J connectivity index is 1.73. The van der Waals surface area contributed by atoms with Gasteiger partial charge in [0.1, 0.15) is 0 Å². The molecule has 3 rings (SSSR count). The normalized spacial score (nSPS) is 10.5. The SMILES string of the molecule is Oc1ccc(CNc2cccc(-c3nnco3)c2)cc1F. The highest BCUT2D eigenvalue weighted by Gasteiger charge is 2.05. The van der Waals surface area contributed by atoms with Gasteiger partial charge in [0.15, 0.2) is 11.6 Å². The van der Waals surface area contributed by atoms with Gasteiger partial charge in [0, 0.05) is 17.8 Å². The molecule has 21 heavy (non-hydrogen) atoms. The summed E-state index contributed by atoms with van der Waals surface area (Å²) in [4.78, 5) is 0. The van der Waals surface area contributed by atoms with Crippen molar-refractivity contribution in [2.45, 2.75) is 6.54 Å². The Hall–Kier alpha value is -2.89. The Labute approximate surface area is 120 Å². The van der Waals surface area contributed by atoms with Crippen molar-refractivity contribution in [2.24, 2.45) is 0 Å². The highest BCUT2D eigenvalue weighted by atomic mass is 19.1. The highest BCUT2D eigenvalue weighted by molar-refractivity contribution is 5.60. The van der Waals surface area contributed by atoms with Gasteiger partial charge >= 0.3 is 0 Å². The largest absolute Gasteiger partial charge is 0.505 e. The van der Waals surface area contributed by atoms with Crippen LogP contribution < -0.4 is 5.32 Å². The van der Waals surface area contributed by atoms with E-state index in [1.165, 1.54) is 18.5 Å². The van der Waals surface area contributed by atoms with E-state index in [9.17, 15) is 4.39 Å². The van der Waals surface area contributed by atoms with Crippen molar-refractivity contribution in [1.29, 1.82) is 0 Å². The second kappa shape index (κ2) is 5.62. The molecule has 0 saturated carbocycles. The summed E-state index contributed by atoms with van der Waals surface area (Å²) in [6.07, 6.45) is 1.27. The number of phenols is 1. The van der Waals surface area contributed by atoms with Gasteiger partial charge in [0.25, 0.3) is 0 Å². The minimum atomic E-state index is -0.631. The molecular weight excluding hydrogens is 273 g/mol. The van der Waals surface area contributed by atoms with Gasteiger partial charge in [0.2, 0.25) is 12.3 Å². The van der Waals surface area contributed by atoms with Crippen LogP contribution in [-0.2, 0) is 6.54 Å². The molecule has 1 aromatic heterocycles. The van der Waals surface area contributed by atoms with Crippen LogP contribution in [0.2, 0.25) is 0 Å². The zero-order valence-corrected chi connectivity index (χ0v) is 11.0. The lowest BCUT2D eigenvalue weighted by molar-refractivity contribution is 0.432. The smallest absolute Gasteiger partial charge is 0.247 e. The summed E-state index contributed by atoms with van der Waals surface area (Å²) in [6.45, 7) is 0.435. The van der Waals surface area contributed by atoms with Crippen LogP contribution in [0.15, 0.2) is 53.3 Å². The quantitative estimate of drug-likeness (QED) is 0.770. The molecule has 2 N–H and O–H groups in total. The number of aromatic nitrogens is 2. The van der Waals surface area contributed by atoms with E-state index < -0.39 is 5.82 Å². The second-order valence-corrected chi connectivity index (χ2v) is 4.46. The number of nitrogens with one attached hydrogen (secondary N) is 1. The van der Waals surface area contributed by atoms with Gasteiger partial charge in [-0.2, -0.15) is 0 Å². The molecule has 6 heteroatoms. The first kappa shape index (κ1) is 13.1. The molecule has 0 aliphatic rings. The average Bonchev–Trinajstić information content (AvgIpc) is 3.03. The van der Waals surface area contributed by atoms with Gasteiger partial charge in [-0.25, -0.2) is 4.39 Å². The van der Waals surface area contributed by atoms with E-state index in [2.05, 4.69) is 15.5 Å². The zero-order chi connectivity index (χ0) is 14.7. The van der Waals surface area contributed by atoms with Crippen LogP contribution in [0.5, 0.6) is 5.75 Å². The monoisotopic (exact) mass is 285 g/mol. The molecule has 5 nitrogen and oxygen atoms in total. The minimum Gasteiger partial charge on any atom is -0.505 e. The van der Waals surface area contributed by atoms with Gasteiger partial charge in [-0.15, -0.1) is 10.2 Å². The summed E-state index contributed by atoms with van der Waals surface area (Å²) >= 11 is 0. The van der Waals surface area contributed by atoms with Crippen molar-refractivity contribution in [3.05, 3.63) is 60.2 Å². The van der Waals surface area contributed by atoms with Crippen molar-refractivity contribution >= 4 is 5.69 Å². The Kier molecular flexibility index (Phi) is 3.51. The van der Waals surface area contributed by atoms with Crippen LogP contribution in [0.4, 0.5) is 10.1 Å². The minimum absolute atomic E-state index is 0.350. The molecule has 0 saturated heterocycles. The van der Waals surface area contributed by atoms with Crippen molar-refractivity contribution in [3.8, 4) is 17.2 Å². The van der Waals surface area contributed by atoms with E-state index in [0.717, 1.165) is 16.8 Å². The standard InChI is InChI=1S/C15H12FN3O2/c16-13-6-10(4-5-14(13)20)8-17-12-3-1-2-11(7-12)15-19-18-9-21-15/h1-7,9,17,20H,8H2. The maximum atomic E-state index is 13.2. The van der Waals surface area contributed by atoms with E-state index in [1.807, 2.05) is 24.3 Å². The molecule has 0 aliphatic carbocycles. The number of hydrogen-bond acceptors (Lipinski definition) is 5. The Morgan fingerprint density at radius 3 is 2.86 bits per heavy atom. The van der Waals surface area contributed by atoms with Crippen molar-refractivity contribution in [3.63, 3.8) is 0 Å². The van der Waals surface area contributed by atoms with E-state index in [4.69, 9.17) is 9.52 Å². The molecule has 0 bridgehead atoms. The molecule has 0 amide bonds. The molecule has 0 fully saturated rings. The van der Waals surface area contributed by atoms with Gasteiger partial charge in [-0.05, 0) is 35.9 Å². The van der Waals surface area contributed by atoms with Crippen LogP contribution >= 0.6 is 0 Å². The fourth-order valence-corrected chi connectivity index (χ4v) is 1.93. The van der Waals surface area contributed by atoms with Gasteiger partial charge < -0.3 is 14.8 Å². The highest BCUT2D eigenvalue weighted by Crippen LogP contribution is 2.21. The van der Waals surface area contributed by atoms with Crippen molar-refractivity contribution in [2.75, 3.05) is 5.32 Å². The molecule has 3 aromatic rings. The molecule has 0 atom stereocenters. The maximum absolute atomic E-state index is 13.2. The van der Waals surface area contributed by atoms with E-state index >= 15 is 0 Å². The topological polar surface area (TPSA) is 71.2 Å². The fraction of sp³-hybridized carbons (Fsp3) is 0.0667. The summed E-state index contributed by atoms with van der Waals surface area (Å²) in [5.74, 6) is -0.541. The summed E-state index contributed by atoms with van der Waals surface area (Å²) < 4.78 is 18.4. The zero-order valence-electron chi connectivity index (χ0n) is 11.0. The number of aromatic hydroxyl groups is 1. The molecule has 0 radical (unpaired) electrons. The first-order valence-electron chi connectivity index (χ1n) is 6.30. The first-order valence-corrected chi connectivity index (χ1v) is 6.30. The Morgan fingerprint density at radius 2 is 2.10 bits per heavy atom. The number of benzene rings is 2. The van der Waals surface area contributed by atoms with Crippen LogP contribution in [0.1, 0.15) is 5.56 Å². The summed E-state index contributed by atoms with van der Waals surface area (Å²) in [6, 6.07) is 11.8. The van der Waals surface area contributed by atoms with Crippen LogP contribution in [0.25, 0.3) is 11.5 Å². The van der Waals surface area contributed by atoms with Gasteiger partial charge in [0.05, 0.1) is 0 Å². The number of rotatable bonds is 4. The molecule has 106 valence electrons. The fourth-order valence-electron chi connectivity index (χ4n) is 1.93. The first-order chi connectivity index (χ1) is 10.2. The van der Waals surface area contributed by atoms with Crippen molar-refractivity contribution in [1.82, 2.24) is 10.2 Å². The molecule has 0 aliphatic heterocycles. The predicted octanol–water partition coefficient (Wildman–Crippen LogP) is 3.19. The average molecular weight is 285 g/mol. The van der Waals surface area contributed by atoms with E-state index in [-0.39, 0.29) is 5.75 Å². The number of phenolic OH excluding ortho intramolecular Hbond substituents is 1. The Bertz CT molecular complexity index is 744. The number of halogens is 1. The third kappa shape index (κ3) is 3.00. The number of anilines is 1. The number of hydrogen-bond donors (Lipinski definition) is 2.